The number of benzene rings is 2. The van der Waals surface area contributed by atoms with Crippen molar-refractivity contribution >= 4 is 22.6 Å². The number of carbonyl (C=O) groups is 1. The van der Waals surface area contributed by atoms with Crippen molar-refractivity contribution < 1.29 is 14.6 Å². The lowest BCUT2D eigenvalue weighted by Gasteiger charge is -2.10. The first-order valence-corrected chi connectivity index (χ1v) is 9.00. The van der Waals surface area contributed by atoms with E-state index in [0.717, 1.165) is 0 Å². The second-order valence-corrected chi connectivity index (χ2v) is 6.19. The maximum Gasteiger partial charge on any atom is 0.362 e. The van der Waals surface area contributed by atoms with E-state index in [-0.39, 0.29) is 23.6 Å². The number of hydrogen-bond donors (Lipinski definition) is 1. The highest BCUT2D eigenvalue weighted by Gasteiger charge is 2.14. The predicted octanol–water partition coefficient (Wildman–Crippen LogP) is 4.13. The van der Waals surface area contributed by atoms with Crippen molar-refractivity contribution in [2.45, 2.75) is 20.8 Å². The van der Waals surface area contributed by atoms with Crippen LogP contribution in [0.15, 0.2) is 75.0 Å². The fourth-order valence-electron chi connectivity index (χ4n) is 2.78. The number of carbonyl (C=O) groups excluding carboxylic acids is 1. The van der Waals surface area contributed by atoms with E-state index in [0.29, 0.717) is 28.1 Å². The topological polar surface area (TPSA) is 106 Å². The third-order valence-corrected chi connectivity index (χ3v) is 4.13. The zero-order valence-electron chi connectivity index (χ0n) is 16.3. The summed E-state index contributed by atoms with van der Waals surface area (Å²) < 4.78 is 6.36. The molecule has 0 saturated heterocycles. The summed E-state index contributed by atoms with van der Waals surface area (Å²) >= 11 is 0. The van der Waals surface area contributed by atoms with E-state index in [1.54, 1.807) is 56.3 Å². The first kappa shape index (κ1) is 19.9. The van der Waals surface area contributed by atoms with Crippen LogP contribution in [-0.4, -0.2) is 27.2 Å². The van der Waals surface area contributed by atoms with Crippen molar-refractivity contribution in [1.29, 1.82) is 0 Å². The minimum absolute atomic E-state index is 0.160. The van der Waals surface area contributed by atoms with Crippen LogP contribution in [0.4, 0.5) is 5.69 Å². The summed E-state index contributed by atoms with van der Waals surface area (Å²) in [5.41, 5.74) is 1.29. The summed E-state index contributed by atoms with van der Waals surface area (Å²) in [6, 6.07) is 13.9. The summed E-state index contributed by atoms with van der Waals surface area (Å²) in [5, 5.41) is 17.9. The Labute approximate surface area is 166 Å². The van der Waals surface area contributed by atoms with E-state index < -0.39 is 5.97 Å². The summed E-state index contributed by atoms with van der Waals surface area (Å²) in [4.78, 5) is 29.1. The Bertz CT molecular complexity index is 1170. The number of aryl methyl sites for hydroxylation is 1. The van der Waals surface area contributed by atoms with Crippen LogP contribution in [0.25, 0.3) is 16.6 Å². The molecular formula is C21H20N4O4. The molecular weight excluding hydrogens is 372 g/mol. The molecule has 3 aromatic rings. The molecule has 0 aliphatic carbocycles. The maximum atomic E-state index is 12.9. The Morgan fingerprint density at radius 1 is 1.17 bits per heavy atom. The fourth-order valence-corrected chi connectivity index (χ4v) is 2.78. The molecule has 0 saturated carbocycles. The fraction of sp³-hybridized carbons (Fsp3) is 0.190. The minimum Gasteiger partial charge on any atom is -0.510 e. The number of nitrogens with zero attached hydrogens (tertiary/aromatic N) is 4. The van der Waals surface area contributed by atoms with Crippen molar-refractivity contribution in [3.63, 3.8) is 0 Å². The van der Waals surface area contributed by atoms with Gasteiger partial charge in [0.1, 0.15) is 11.6 Å². The van der Waals surface area contributed by atoms with Crippen LogP contribution in [0.2, 0.25) is 0 Å². The van der Waals surface area contributed by atoms with Gasteiger partial charge >= 0.3 is 5.97 Å². The Morgan fingerprint density at radius 2 is 1.86 bits per heavy atom. The van der Waals surface area contributed by atoms with Crippen LogP contribution in [0, 0.1) is 6.92 Å². The van der Waals surface area contributed by atoms with Gasteiger partial charge in [-0.15, -0.1) is 5.11 Å². The predicted molar refractivity (Wildman–Crippen MR) is 109 cm³/mol. The lowest BCUT2D eigenvalue weighted by molar-refractivity contribution is -0.138. The Hall–Kier alpha value is -3.81. The van der Waals surface area contributed by atoms with Gasteiger partial charge in [-0.05, 0) is 57.2 Å². The largest absolute Gasteiger partial charge is 0.510 e. The second-order valence-electron chi connectivity index (χ2n) is 6.19. The van der Waals surface area contributed by atoms with Crippen molar-refractivity contribution in [2.75, 3.05) is 6.61 Å². The molecule has 148 valence electrons. The number of aliphatic hydroxyl groups excluding tert-OH is 1. The quantitative estimate of drug-likeness (QED) is 0.304. The molecule has 0 unspecified atom stereocenters. The lowest BCUT2D eigenvalue weighted by Crippen LogP contribution is -2.22. The molecule has 1 heterocycles. The molecule has 29 heavy (non-hydrogen) atoms. The Balaban J connectivity index is 1.94. The van der Waals surface area contributed by atoms with Gasteiger partial charge in [-0.25, -0.2) is 9.78 Å². The van der Waals surface area contributed by atoms with E-state index in [2.05, 4.69) is 15.2 Å². The van der Waals surface area contributed by atoms with Crippen molar-refractivity contribution in [2.24, 2.45) is 10.2 Å². The van der Waals surface area contributed by atoms with Gasteiger partial charge in [0.25, 0.3) is 5.56 Å². The molecule has 0 aliphatic heterocycles. The maximum absolute atomic E-state index is 12.9. The van der Waals surface area contributed by atoms with Gasteiger partial charge < -0.3 is 9.84 Å². The summed E-state index contributed by atoms with van der Waals surface area (Å²) in [7, 11) is 0. The van der Waals surface area contributed by atoms with Crippen molar-refractivity contribution in [3.05, 3.63) is 76.2 Å². The molecule has 2 aromatic carbocycles. The van der Waals surface area contributed by atoms with Crippen LogP contribution >= 0.6 is 0 Å². The number of azo groups is 1. The van der Waals surface area contributed by atoms with Crippen LogP contribution in [-0.2, 0) is 9.53 Å². The highest BCUT2D eigenvalue weighted by atomic mass is 16.5. The SMILES string of the molecule is CCOC(=O)/C(N=Nc1ccc(-n2c(C)nc3ccccc3c2=O)cc1)=C(/C)O. The van der Waals surface area contributed by atoms with Gasteiger partial charge in [0.15, 0.2) is 0 Å². The summed E-state index contributed by atoms with van der Waals surface area (Å²) in [5.74, 6) is -0.475. The van der Waals surface area contributed by atoms with Gasteiger partial charge in [0.05, 0.1) is 28.9 Å². The molecule has 8 nitrogen and oxygen atoms in total. The number of hydrogen-bond acceptors (Lipinski definition) is 7. The molecule has 0 bridgehead atoms. The molecule has 1 N–H and O–H groups in total. The Morgan fingerprint density at radius 3 is 2.52 bits per heavy atom. The molecule has 0 spiro atoms. The highest BCUT2D eigenvalue weighted by molar-refractivity contribution is 5.88. The number of rotatable bonds is 5. The van der Waals surface area contributed by atoms with Crippen molar-refractivity contribution in [1.82, 2.24) is 9.55 Å². The molecule has 0 amide bonds. The normalized spacial score (nSPS) is 12.2. The van der Waals surface area contributed by atoms with Crippen LogP contribution in [0.5, 0.6) is 0 Å². The lowest BCUT2D eigenvalue weighted by atomic mass is 10.2. The number of esters is 1. The molecule has 3 rings (SSSR count). The average molecular weight is 392 g/mol. The van der Waals surface area contributed by atoms with Gasteiger partial charge in [-0.1, -0.05) is 12.1 Å². The van der Waals surface area contributed by atoms with Crippen LogP contribution in [0.1, 0.15) is 19.7 Å². The number of allylic oxidation sites excluding steroid dienone is 1. The third kappa shape index (κ3) is 4.21. The van der Waals surface area contributed by atoms with E-state index in [1.165, 1.54) is 11.5 Å². The van der Waals surface area contributed by atoms with Gasteiger partial charge in [-0.3, -0.25) is 9.36 Å². The minimum atomic E-state index is -0.753. The molecule has 0 fully saturated rings. The molecule has 1 aromatic heterocycles. The van der Waals surface area contributed by atoms with Crippen LogP contribution in [0.3, 0.4) is 0 Å². The number of fused-ring (bicyclic) bond motifs is 1. The van der Waals surface area contributed by atoms with E-state index in [9.17, 15) is 14.7 Å². The number of aromatic nitrogens is 2. The number of aliphatic hydroxyl groups is 1. The van der Waals surface area contributed by atoms with Gasteiger partial charge in [0, 0.05) is 0 Å². The molecule has 8 heteroatoms. The number of para-hydroxylation sites is 1. The Kier molecular flexibility index (Phi) is 5.82. The summed E-state index contributed by atoms with van der Waals surface area (Å²) in [6.45, 7) is 4.91. The van der Waals surface area contributed by atoms with Crippen molar-refractivity contribution in [3.8, 4) is 5.69 Å². The first-order chi connectivity index (χ1) is 13.9. The highest BCUT2D eigenvalue weighted by Crippen LogP contribution is 2.19. The van der Waals surface area contributed by atoms with E-state index in [1.807, 2.05) is 6.07 Å². The standard InChI is InChI=1S/C21H20N4O4/c1-4-29-21(28)19(13(2)26)24-23-15-9-11-16(12-10-15)25-14(3)22-18-8-6-5-7-17(18)20(25)27/h5-12,26H,4H2,1-3H3/b19-13+,24-23?. The molecule has 0 radical (unpaired) electrons. The van der Waals surface area contributed by atoms with E-state index in [4.69, 9.17) is 4.74 Å². The smallest absolute Gasteiger partial charge is 0.362 e. The summed E-state index contributed by atoms with van der Waals surface area (Å²) in [6.07, 6.45) is 0. The average Bonchev–Trinajstić information content (AvgIpc) is 2.69. The zero-order valence-corrected chi connectivity index (χ0v) is 16.3. The molecule has 0 aliphatic rings. The number of ether oxygens (including phenoxy) is 1. The van der Waals surface area contributed by atoms with Crippen LogP contribution < -0.4 is 5.56 Å². The third-order valence-electron chi connectivity index (χ3n) is 4.13. The molecule has 0 atom stereocenters. The van der Waals surface area contributed by atoms with Gasteiger partial charge in [-0.2, -0.15) is 5.11 Å². The second kappa shape index (κ2) is 8.47. The van der Waals surface area contributed by atoms with Gasteiger partial charge in [0.2, 0.25) is 5.70 Å². The van der Waals surface area contributed by atoms with E-state index >= 15 is 0 Å². The first-order valence-electron chi connectivity index (χ1n) is 9.00. The monoisotopic (exact) mass is 392 g/mol. The zero-order chi connectivity index (χ0) is 21.0.